The number of aromatic nitrogens is 6. The van der Waals surface area contributed by atoms with Crippen LogP contribution in [0.4, 0.5) is 11.8 Å². The lowest BCUT2D eigenvalue weighted by molar-refractivity contribution is -0.0434. The highest BCUT2D eigenvalue weighted by molar-refractivity contribution is 5.84. The molecule has 0 bridgehead atoms. The van der Waals surface area contributed by atoms with Gasteiger partial charge in [0.25, 0.3) is 0 Å². The molecule has 12 nitrogen and oxygen atoms in total. The number of aryl methyl sites for hydroxylation is 1. The molecule has 0 spiro atoms. The zero-order chi connectivity index (χ0) is 26.6. The largest absolute Gasteiger partial charge is 0.387 e. The molecule has 4 aromatic rings. The summed E-state index contributed by atoms with van der Waals surface area (Å²) >= 11 is 0. The molecule has 0 aliphatic carbocycles. The van der Waals surface area contributed by atoms with E-state index in [9.17, 15) is 10.2 Å². The summed E-state index contributed by atoms with van der Waals surface area (Å²) < 4.78 is 13.1. The van der Waals surface area contributed by atoms with Gasteiger partial charge in [-0.15, -0.1) is 0 Å². The first kappa shape index (κ1) is 26.0. The summed E-state index contributed by atoms with van der Waals surface area (Å²) in [5, 5.41) is 32.5. The Kier molecular flexibility index (Phi) is 7.82. The van der Waals surface area contributed by atoms with Crippen molar-refractivity contribution in [2.24, 2.45) is 0 Å². The minimum Gasteiger partial charge on any atom is -0.387 e. The van der Waals surface area contributed by atoms with Crippen LogP contribution >= 0.6 is 0 Å². The molecule has 0 amide bonds. The Morgan fingerprint density at radius 3 is 2.61 bits per heavy atom. The fraction of sp³-hybridized carbons (Fsp3) is 0.500. The Morgan fingerprint density at radius 1 is 1.05 bits per heavy atom. The molecule has 4 aromatic heterocycles. The van der Waals surface area contributed by atoms with Crippen LogP contribution in [0.25, 0.3) is 11.2 Å². The molecule has 38 heavy (non-hydrogen) atoms. The summed E-state index contributed by atoms with van der Waals surface area (Å²) in [6.07, 6.45) is 2.28. The third-order valence-electron chi connectivity index (χ3n) is 6.87. The highest BCUT2D eigenvalue weighted by atomic mass is 16.6. The third-order valence-corrected chi connectivity index (χ3v) is 6.87. The molecule has 0 radical (unpaired) electrons. The molecule has 1 fully saturated rings. The number of hydrogen-bond acceptors (Lipinski definition) is 11. The van der Waals surface area contributed by atoms with Crippen LogP contribution in [0.1, 0.15) is 63.1 Å². The van der Waals surface area contributed by atoms with Gasteiger partial charge in [0, 0.05) is 37.0 Å². The molecule has 0 unspecified atom stereocenters. The number of nitrogens with zero attached hydrogens (tertiary/aromatic N) is 6. The molecule has 202 valence electrons. The Balaban J connectivity index is 1.45. The van der Waals surface area contributed by atoms with Crippen molar-refractivity contribution in [2.45, 2.75) is 77.0 Å². The number of aliphatic hydroxyl groups is 2. The number of pyridine rings is 1. The van der Waals surface area contributed by atoms with Gasteiger partial charge in [-0.1, -0.05) is 32.0 Å². The molecule has 4 N–H and O–H groups in total. The Bertz CT molecular complexity index is 1340. The highest BCUT2D eigenvalue weighted by Gasteiger charge is 2.47. The van der Waals surface area contributed by atoms with Gasteiger partial charge >= 0.3 is 0 Å². The number of rotatable bonds is 11. The SMILES string of the molecule is CCc1cc([C@H]2O[C@@H](n3cnc4c(NC(CC)CC)nc(NCCc5ccccn5)nc43)[C@H](O)[C@@H]2O)on1. The summed E-state index contributed by atoms with van der Waals surface area (Å²) in [5.41, 5.74) is 2.72. The Morgan fingerprint density at radius 2 is 1.89 bits per heavy atom. The van der Waals surface area contributed by atoms with Gasteiger partial charge in [0.1, 0.15) is 18.3 Å². The topological polar surface area (TPSA) is 156 Å². The van der Waals surface area contributed by atoms with Crippen LogP contribution in [0.3, 0.4) is 0 Å². The number of ether oxygens (including phenoxy) is 1. The molecule has 4 atom stereocenters. The number of fused-ring (bicyclic) bond motifs is 1. The second-order valence-electron chi connectivity index (χ2n) is 9.38. The van der Waals surface area contributed by atoms with E-state index in [1.165, 1.54) is 0 Å². The van der Waals surface area contributed by atoms with E-state index >= 15 is 0 Å². The van der Waals surface area contributed by atoms with E-state index in [1.54, 1.807) is 23.2 Å². The van der Waals surface area contributed by atoms with Crippen molar-refractivity contribution in [1.29, 1.82) is 0 Å². The summed E-state index contributed by atoms with van der Waals surface area (Å²) in [5.74, 6) is 1.37. The van der Waals surface area contributed by atoms with E-state index in [2.05, 4.69) is 39.6 Å². The minimum absolute atomic E-state index is 0.207. The zero-order valence-electron chi connectivity index (χ0n) is 21.8. The summed E-state index contributed by atoms with van der Waals surface area (Å²) in [7, 11) is 0. The number of nitrogens with one attached hydrogen (secondary N) is 2. The van der Waals surface area contributed by atoms with E-state index in [-0.39, 0.29) is 6.04 Å². The van der Waals surface area contributed by atoms with Crippen molar-refractivity contribution in [1.82, 2.24) is 29.7 Å². The van der Waals surface area contributed by atoms with Crippen LogP contribution in [-0.4, -0.2) is 64.7 Å². The maximum atomic E-state index is 10.9. The van der Waals surface area contributed by atoms with E-state index in [0.29, 0.717) is 48.1 Å². The lowest BCUT2D eigenvalue weighted by atomic mass is 10.1. The maximum absolute atomic E-state index is 10.9. The Hall–Kier alpha value is -3.61. The number of anilines is 2. The molecule has 5 heterocycles. The summed E-state index contributed by atoms with van der Waals surface area (Å²) in [6, 6.07) is 7.75. The highest BCUT2D eigenvalue weighted by Crippen LogP contribution is 2.40. The molecule has 1 aliphatic heterocycles. The van der Waals surface area contributed by atoms with Gasteiger partial charge in [-0.05, 0) is 31.4 Å². The first-order valence-electron chi connectivity index (χ1n) is 13.1. The predicted molar refractivity (Wildman–Crippen MR) is 141 cm³/mol. The van der Waals surface area contributed by atoms with E-state index < -0.39 is 24.5 Å². The second-order valence-corrected chi connectivity index (χ2v) is 9.38. The second kappa shape index (κ2) is 11.4. The van der Waals surface area contributed by atoms with Gasteiger partial charge in [0.15, 0.2) is 29.0 Å². The third kappa shape index (κ3) is 5.19. The van der Waals surface area contributed by atoms with Crippen LogP contribution in [0.15, 0.2) is 41.3 Å². The fourth-order valence-electron chi connectivity index (χ4n) is 4.57. The van der Waals surface area contributed by atoms with Crippen molar-refractivity contribution < 1.29 is 19.5 Å². The van der Waals surface area contributed by atoms with Crippen LogP contribution in [-0.2, 0) is 17.6 Å². The lowest BCUT2D eigenvalue weighted by Crippen LogP contribution is -2.29. The predicted octanol–water partition coefficient (Wildman–Crippen LogP) is 3.02. The van der Waals surface area contributed by atoms with Crippen molar-refractivity contribution in [3.8, 4) is 0 Å². The van der Waals surface area contributed by atoms with Crippen molar-refractivity contribution in [3.63, 3.8) is 0 Å². The molecular weight excluding hydrogens is 488 g/mol. The summed E-state index contributed by atoms with van der Waals surface area (Å²) in [4.78, 5) is 18.3. The first-order valence-corrected chi connectivity index (χ1v) is 13.1. The van der Waals surface area contributed by atoms with Crippen molar-refractivity contribution in [3.05, 3.63) is 53.9 Å². The molecule has 1 aliphatic rings. The monoisotopic (exact) mass is 522 g/mol. The fourth-order valence-corrected chi connectivity index (χ4v) is 4.57. The van der Waals surface area contributed by atoms with E-state index in [4.69, 9.17) is 19.2 Å². The molecule has 5 rings (SSSR count). The van der Waals surface area contributed by atoms with Gasteiger partial charge in [0.05, 0.1) is 12.0 Å². The van der Waals surface area contributed by atoms with Crippen LogP contribution in [0.2, 0.25) is 0 Å². The number of imidazole rings is 1. The summed E-state index contributed by atoms with van der Waals surface area (Å²) in [6.45, 7) is 6.76. The van der Waals surface area contributed by atoms with Crippen LogP contribution in [0, 0.1) is 0 Å². The molecule has 0 saturated carbocycles. The molecule has 12 heteroatoms. The average Bonchev–Trinajstić information content (AvgIpc) is 3.66. The average molecular weight is 523 g/mol. The smallest absolute Gasteiger partial charge is 0.226 e. The number of aliphatic hydroxyl groups excluding tert-OH is 2. The maximum Gasteiger partial charge on any atom is 0.226 e. The molecular formula is C26H34N8O4. The zero-order valence-corrected chi connectivity index (χ0v) is 21.8. The molecule has 0 aromatic carbocycles. The van der Waals surface area contributed by atoms with E-state index in [1.807, 2.05) is 25.1 Å². The van der Waals surface area contributed by atoms with E-state index in [0.717, 1.165) is 24.2 Å². The minimum atomic E-state index is -1.24. The van der Waals surface area contributed by atoms with Crippen LogP contribution in [0.5, 0.6) is 0 Å². The van der Waals surface area contributed by atoms with Crippen molar-refractivity contribution in [2.75, 3.05) is 17.2 Å². The van der Waals surface area contributed by atoms with Gasteiger partial charge in [-0.3, -0.25) is 9.55 Å². The van der Waals surface area contributed by atoms with Gasteiger partial charge in [-0.2, -0.15) is 9.97 Å². The van der Waals surface area contributed by atoms with Gasteiger partial charge < -0.3 is 30.1 Å². The van der Waals surface area contributed by atoms with Crippen LogP contribution < -0.4 is 10.6 Å². The van der Waals surface area contributed by atoms with Crippen molar-refractivity contribution >= 4 is 22.9 Å². The molecule has 1 saturated heterocycles. The Labute approximate surface area is 220 Å². The van der Waals surface area contributed by atoms with Gasteiger partial charge in [0.2, 0.25) is 5.95 Å². The van der Waals surface area contributed by atoms with Gasteiger partial charge in [-0.25, -0.2) is 4.98 Å². The lowest BCUT2D eigenvalue weighted by Gasteiger charge is -2.18. The normalized spacial score (nSPS) is 21.4. The number of hydrogen-bond donors (Lipinski definition) is 4. The standard InChI is InChI=1S/C26H34N8O4/c1-4-15(5-2)30-23-19-24(32-26(31-23)28-12-10-17-9-7-8-11-27-17)34(14-29-19)25-21(36)20(35)22(37-25)18-13-16(6-3)33-38-18/h7-9,11,13-15,20-22,25,35-36H,4-6,10,12H2,1-3H3,(H2,28,30,31,32)/t20-,21+,22+,25+/m0/s1. The first-order chi connectivity index (χ1) is 18.5. The quantitative estimate of drug-likeness (QED) is 0.230.